The molecule has 0 bridgehead atoms. The highest BCUT2D eigenvalue weighted by molar-refractivity contribution is 5.98. The zero-order valence-electron chi connectivity index (χ0n) is 11.5. The third-order valence-electron chi connectivity index (χ3n) is 3.86. The summed E-state index contributed by atoms with van der Waals surface area (Å²) in [5.74, 6) is 0. The van der Waals surface area contributed by atoms with Gasteiger partial charge in [0.15, 0.2) is 0 Å². The number of nitrogens with zero attached hydrogens (tertiary/aromatic N) is 1. The van der Waals surface area contributed by atoms with Gasteiger partial charge in [0.05, 0.1) is 23.3 Å². The molecular formula is C15H21N3O. The van der Waals surface area contributed by atoms with Gasteiger partial charge >= 0.3 is 0 Å². The van der Waals surface area contributed by atoms with Crippen LogP contribution in [0.15, 0.2) is 30.5 Å². The van der Waals surface area contributed by atoms with Crippen LogP contribution in [-0.2, 0) is 0 Å². The molecule has 0 unspecified atom stereocenters. The van der Waals surface area contributed by atoms with Gasteiger partial charge in [0.2, 0.25) is 0 Å². The fraction of sp³-hybridized carbons (Fsp3) is 0.400. The Labute approximate surface area is 113 Å². The number of nitrogen functional groups attached to an aromatic ring is 1. The Hall–Kier alpha value is -1.81. The van der Waals surface area contributed by atoms with Gasteiger partial charge < -0.3 is 16.2 Å². The molecular weight excluding hydrogens is 238 g/mol. The zero-order chi connectivity index (χ0) is 13.9. The largest absolute Gasteiger partial charge is 0.398 e. The predicted octanol–water partition coefficient (Wildman–Crippen LogP) is 2.78. The third kappa shape index (κ3) is 2.49. The Bertz CT molecular complexity index is 556. The van der Waals surface area contributed by atoms with Crippen molar-refractivity contribution in [2.45, 2.75) is 32.2 Å². The Morgan fingerprint density at radius 2 is 2.00 bits per heavy atom. The van der Waals surface area contributed by atoms with Crippen LogP contribution in [0.1, 0.15) is 26.7 Å². The maximum atomic E-state index is 9.66. The standard InChI is InChI=1S/C15H21N3O/c1-3-15(4-2,10-19)18-13-8-7-12(16)11-6-5-9-17-14(11)13/h5-9,18-19H,3-4,10,16H2,1-2H3. The number of anilines is 2. The smallest absolute Gasteiger partial charge is 0.0954 e. The Morgan fingerprint density at radius 3 is 2.63 bits per heavy atom. The van der Waals surface area contributed by atoms with Gasteiger partial charge in [0, 0.05) is 17.3 Å². The third-order valence-corrected chi connectivity index (χ3v) is 3.86. The summed E-state index contributed by atoms with van der Waals surface area (Å²) in [6, 6.07) is 7.64. The average Bonchev–Trinajstić information content (AvgIpc) is 2.48. The molecule has 19 heavy (non-hydrogen) atoms. The first-order valence-corrected chi connectivity index (χ1v) is 6.68. The molecule has 4 N–H and O–H groups in total. The minimum absolute atomic E-state index is 0.0959. The monoisotopic (exact) mass is 259 g/mol. The summed E-state index contributed by atoms with van der Waals surface area (Å²) in [7, 11) is 0. The van der Waals surface area contributed by atoms with Crippen molar-refractivity contribution in [3.63, 3.8) is 0 Å². The van der Waals surface area contributed by atoms with Crippen molar-refractivity contribution in [2.75, 3.05) is 17.7 Å². The number of fused-ring (bicyclic) bond motifs is 1. The second kappa shape index (κ2) is 5.45. The number of hydrogen-bond acceptors (Lipinski definition) is 4. The van der Waals surface area contributed by atoms with Gasteiger partial charge in [0.25, 0.3) is 0 Å². The molecule has 0 aliphatic rings. The van der Waals surface area contributed by atoms with E-state index in [1.165, 1.54) is 0 Å². The summed E-state index contributed by atoms with van der Waals surface area (Å²) < 4.78 is 0. The van der Waals surface area contributed by atoms with Crippen LogP contribution < -0.4 is 11.1 Å². The van der Waals surface area contributed by atoms with E-state index in [2.05, 4.69) is 24.1 Å². The van der Waals surface area contributed by atoms with Crippen molar-refractivity contribution in [3.05, 3.63) is 30.5 Å². The lowest BCUT2D eigenvalue weighted by Crippen LogP contribution is -2.40. The molecule has 0 amide bonds. The number of pyridine rings is 1. The van der Waals surface area contributed by atoms with Crippen LogP contribution in [0.2, 0.25) is 0 Å². The van der Waals surface area contributed by atoms with Crippen LogP contribution in [0, 0.1) is 0 Å². The second-order valence-corrected chi connectivity index (χ2v) is 4.87. The molecule has 0 spiro atoms. The van der Waals surface area contributed by atoms with Crippen molar-refractivity contribution in [2.24, 2.45) is 0 Å². The van der Waals surface area contributed by atoms with E-state index in [0.29, 0.717) is 0 Å². The molecule has 1 aromatic heterocycles. The molecule has 0 radical (unpaired) electrons. The van der Waals surface area contributed by atoms with Crippen LogP contribution in [-0.4, -0.2) is 22.2 Å². The molecule has 0 saturated heterocycles. The molecule has 1 aromatic carbocycles. The summed E-state index contributed by atoms with van der Waals surface area (Å²) in [6.45, 7) is 4.23. The molecule has 102 valence electrons. The van der Waals surface area contributed by atoms with Gasteiger partial charge in [-0.3, -0.25) is 4.98 Å². The predicted molar refractivity (Wildman–Crippen MR) is 80.2 cm³/mol. The minimum atomic E-state index is -0.305. The van der Waals surface area contributed by atoms with Gasteiger partial charge in [0.1, 0.15) is 0 Å². The number of aromatic nitrogens is 1. The summed E-state index contributed by atoms with van der Waals surface area (Å²) >= 11 is 0. The molecule has 0 atom stereocenters. The van der Waals surface area contributed by atoms with Crippen molar-refractivity contribution in [3.8, 4) is 0 Å². The number of benzene rings is 1. The topological polar surface area (TPSA) is 71.2 Å². The van der Waals surface area contributed by atoms with Gasteiger partial charge in [-0.05, 0) is 37.1 Å². The van der Waals surface area contributed by atoms with Crippen molar-refractivity contribution in [1.82, 2.24) is 4.98 Å². The summed E-state index contributed by atoms with van der Waals surface area (Å²) in [6.07, 6.45) is 3.45. The highest BCUT2D eigenvalue weighted by Crippen LogP contribution is 2.30. The van der Waals surface area contributed by atoms with Gasteiger partial charge in [-0.25, -0.2) is 0 Å². The van der Waals surface area contributed by atoms with Gasteiger partial charge in [-0.15, -0.1) is 0 Å². The van der Waals surface area contributed by atoms with Crippen molar-refractivity contribution in [1.29, 1.82) is 0 Å². The number of nitrogens with one attached hydrogen (secondary N) is 1. The fourth-order valence-corrected chi connectivity index (χ4v) is 2.27. The lowest BCUT2D eigenvalue weighted by atomic mass is 9.93. The van der Waals surface area contributed by atoms with Crippen LogP contribution >= 0.6 is 0 Å². The Kier molecular flexibility index (Phi) is 3.90. The first kappa shape index (κ1) is 13.6. The molecule has 4 heteroatoms. The van der Waals surface area contributed by atoms with Gasteiger partial charge in [-0.1, -0.05) is 13.8 Å². The summed E-state index contributed by atoms with van der Waals surface area (Å²) in [5.41, 5.74) is 8.15. The van der Waals surface area contributed by atoms with Gasteiger partial charge in [-0.2, -0.15) is 0 Å². The maximum Gasteiger partial charge on any atom is 0.0954 e. The van der Waals surface area contributed by atoms with Crippen LogP contribution in [0.3, 0.4) is 0 Å². The normalized spacial score (nSPS) is 11.7. The first-order valence-electron chi connectivity index (χ1n) is 6.68. The number of rotatable bonds is 5. The Balaban J connectivity index is 2.49. The van der Waals surface area contributed by atoms with E-state index >= 15 is 0 Å². The Morgan fingerprint density at radius 1 is 1.26 bits per heavy atom. The average molecular weight is 259 g/mol. The van der Waals surface area contributed by atoms with E-state index in [4.69, 9.17) is 5.73 Å². The minimum Gasteiger partial charge on any atom is -0.398 e. The molecule has 4 nitrogen and oxygen atoms in total. The number of aliphatic hydroxyl groups is 1. The van der Waals surface area contributed by atoms with Crippen molar-refractivity contribution < 1.29 is 5.11 Å². The van der Waals surface area contributed by atoms with E-state index in [1.807, 2.05) is 24.3 Å². The first-order chi connectivity index (χ1) is 9.15. The second-order valence-electron chi connectivity index (χ2n) is 4.87. The van der Waals surface area contributed by atoms with Crippen LogP contribution in [0.25, 0.3) is 10.9 Å². The SMILES string of the molecule is CCC(CC)(CO)Nc1ccc(N)c2cccnc12. The zero-order valence-corrected chi connectivity index (χ0v) is 11.5. The summed E-state index contributed by atoms with van der Waals surface area (Å²) in [4.78, 5) is 4.40. The van der Waals surface area contributed by atoms with Crippen LogP contribution in [0.4, 0.5) is 11.4 Å². The highest BCUT2D eigenvalue weighted by Gasteiger charge is 2.25. The lowest BCUT2D eigenvalue weighted by molar-refractivity contribution is 0.202. The quantitative estimate of drug-likeness (QED) is 0.722. The molecule has 2 rings (SSSR count). The maximum absolute atomic E-state index is 9.66. The number of aliphatic hydroxyl groups excluding tert-OH is 1. The molecule has 0 fully saturated rings. The van der Waals surface area contributed by atoms with E-state index < -0.39 is 0 Å². The molecule has 1 heterocycles. The molecule has 0 aliphatic carbocycles. The lowest BCUT2D eigenvalue weighted by Gasteiger charge is -2.32. The van der Waals surface area contributed by atoms with Crippen LogP contribution in [0.5, 0.6) is 0 Å². The molecule has 0 aliphatic heterocycles. The molecule has 0 saturated carbocycles. The number of hydrogen-bond donors (Lipinski definition) is 3. The van der Waals surface area contributed by atoms with E-state index in [0.717, 1.165) is 35.1 Å². The highest BCUT2D eigenvalue weighted by atomic mass is 16.3. The number of nitrogens with two attached hydrogens (primary N) is 1. The fourth-order valence-electron chi connectivity index (χ4n) is 2.27. The van der Waals surface area contributed by atoms with E-state index in [9.17, 15) is 5.11 Å². The van der Waals surface area contributed by atoms with Crippen molar-refractivity contribution >= 4 is 22.3 Å². The summed E-state index contributed by atoms with van der Waals surface area (Å²) in [5, 5.41) is 14.0. The molecule has 2 aromatic rings. The van der Waals surface area contributed by atoms with E-state index in [1.54, 1.807) is 6.20 Å². The van der Waals surface area contributed by atoms with E-state index in [-0.39, 0.29) is 12.1 Å².